The largest absolute Gasteiger partial charge is 0.317 e. The van der Waals surface area contributed by atoms with Crippen LogP contribution >= 0.6 is 12.4 Å². The van der Waals surface area contributed by atoms with Crippen LogP contribution in [0, 0.1) is 0 Å². The van der Waals surface area contributed by atoms with Gasteiger partial charge in [-0.25, -0.2) is 0 Å². The number of piperidine rings is 1. The van der Waals surface area contributed by atoms with E-state index in [9.17, 15) is 4.79 Å². The van der Waals surface area contributed by atoms with Crippen molar-refractivity contribution in [2.24, 2.45) is 0 Å². The topological polar surface area (TPSA) is 35.6 Å². The fraction of sp³-hybridized carbons (Fsp3) is 0.562. The van der Waals surface area contributed by atoms with Crippen LogP contribution in [-0.4, -0.2) is 50.1 Å². The van der Waals surface area contributed by atoms with Crippen LogP contribution in [0.1, 0.15) is 18.4 Å². The number of amides is 1. The molecule has 0 saturated carbocycles. The van der Waals surface area contributed by atoms with E-state index in [1.165, 1.54) is 5.56 Å². The van der Waals surface area contributed by atoms with Crippen LogP contribution in [0.25, 0.3) is 0 Å². The summed E-state index contributed by atoms with van der Waals surface area (Å²) in [5.74, 6) is 0.248. The second kappa shape index (κ2) is 7.25. The van der Waals surface area contributed by atoms with Gasteiger partial charge >= 0.3 is 0 Å². The first kappa shape index (κ1) is 16.3. The van der Waals surface area contributed by atoms with Gasteiger partial charge in [0.2, 0.25) is 5.91 Å². The summed E-state index contributed by atoms with van der Waals surface area (Å²) in [5, 5.41) is 3.32. The molecule has 1 fully saturated rings. The Bertz CT molecular complexity index is 486. The molecule has 4 nitrogen and oxygen atoms in total. The third kappa shape index (κ3) is 3.57. The molecule has 0 bridgehead atoms. The highest BCUT2D eigenvalue weighted by Crippen LogP contribution is 2.27. The van der Waals surface area contributed by atoms with E-state index in [2.05, 4.69) is 28.4 Å². The molecule has 1 aromatic rings. The van der Waals surface area contributed by atoms with Gasteiger partial charge in [0.15, 0.2) is 0 Å². The number of rotatable bonds is 3. The smallest absolute Gasteiger partial charge is 0.241 e. The molecule has 0 unspecified atom stereocenters. The Balaban J connectivity index is 0.00000161. The predicted octanol–water partition coefficient (Wildman–Crippen LogP) is 1.68. The Morgan fingerprint density at radius 3 is 2.67 bits per heavy atom. The quantitative estimate of drug-likeness (QED) is 0.923. The second-order valence-electron chi connectivity index (χ2n) is 5.76. The summed E-state index contributed by atoms with van der Waals surface area (Å²) >= 11 is 0. The van der Waals surface area contributed by atoms with E-state index < -0.39 is 0 Å². The predicted molar refractivity (Wildman–Crippen MR) is 88.3 cm³/mol. The molecule has 0 spiro atoms. The molecule has 2 aliphatic heterocycles. The Hall–Kier alpha value is -1.10. The summed E-state index contributed by atoms with van der Waals surface area (Å²) in [5.41, 5.74) is 2.41. The van der Waals surface area contributed by atoms with Crippen LogP contribution in [0.5, 0.6) is 0 Å². The number of fused-ring (bicyclic) bond motifs is 1. The van der Waals surface area contributed by atoms with Crippen molar-refractivity contribution >= 4 is 24.0 Å². The van der Waals surface area contributed by atoms with Crippen molar-refractivity contribution in [2.75, 3.05) is 38.1 Å². The standard InChI is InChI=1S/C16H23N3O.ClH/c1-17-14-7-9-18(10-8-14)12-16(20)19-11-6-13-4-2-3-5-15(13)19;/h2-5,14,17H,6-12H2,1H3;1H. The third-order valence-electron chi connectivity index (χ3n) is 4.54. The van der Waals surface area contributed by atoms with Crippen molar-refractivity contribution in [3.05, 3.63) is 29.8 Å². The van der Waals surface area contributed by atoms with Gasteiger partial charge in [0.05, 0.1) is 6.54 Å². The number of carbonyl (C=O) groups excluding carboxylic acids is 1. The van der Waals surface area contributed by atoms with E-state index >= 15 is 0 Å². The highest BCUT2D eigenvalue weighted by Gasteiger charge is 2.26. The van der Waals surface area contributed by atoms with Crippen molar-refractivity contribution in [3.8, 4) is 0 Å². The minimum absolute atomic E-state index is 0. The minimum atomic E-state index is 0. The molecule has 2 heterocycles. The SMILES string of the molecule is CNC1CCN(CC(=O)N2CCc3ccccc32)CC1.Cl. The molecule has 0 aromatic heterocycles. The number of likely N-dealkylation sites (tertiary alicyclic amines) is 1. The molecule has 3 rings (SSSR count). The Labute approximate surface area is 132 Å². The summed E-state index contributed by atoms with van der Waals surface area (Å²) in [6.07, 6.45) is 3.27. The van der Waals surface area contributed by atoms with Crippen molar-refractivity contribution in [3.63, 3.8) is 0 Å². The molecule has 21 heavy (non-hydrogen) atoms. The highest BCUT2D eigenvalue weighted by molar-refractivity contribution is 5.96. The molecule has 1 saturated heterocycles. The first-order chi connectivity index (χ1) is 9.78. The Morgan fingerprint density at radius 1 is 1.24 bits per heavy atom. The van der Waals surface area contributed by atoms with Gasteiger partial charge in [-0.2, -0.15) is 0 Å². The summed E-state index contributed by atoms with van der Waals surface area (Å²) in [6.45, 7) is 3.44. The number of carbonyl (C=O) groups is 1. The van der Waals surface area contributed by atoms with Crippen molar-refractivity contribution in [1.82, 2.24) is 10.2 Å². The van der Waals surface area contributed by atoms with Gasteiger partial charge in [0.25, 0.3) is 0 Å². The summed E-state index contributed by atoms with van der Waals surface area (Å²) in [6, 6.07) is 8.88. The monoisotopic (exact) mass is 309 g/mol. The van der Waals surface area contributed by atoms with E-state index in [-0.39, 0.29) is 18.3 Å². The number of hydrogen-bond donors (Lipinski definition) is 1. The molecule has 1 N–H and O–H groups in total. The van der Waals surface area contributed by atoms with E-state index in [4.69, 9.17) is 0 Å². The number of halogens is 1. The lowest BCUT2D eigenvalue weighted by molar-refractivity contribution is -0.119. The van der Waals surface area contributed by atoms with Crippen LogP contribution in [0.4, 0.5) is 5.69 Å². The normalized spacial score (nSPS) is 19.2. The average molecular weight is 310 g/mol. The second-order valence-corrected chi connectivity index (χ2v) is 5.76. The van der Waals surface area contributed by atoms with Gasteiger partial charge in [-0.15, -0.1) is 12.4 Å². The van der Waals surface area contributed by atoms with Crippen LogP contribution in [0.3, 0.4) is 0 Å². The van der Waals surface area contributed by atoms with E-state index in [0.717, 1.165) is 44.6 Å². The maximum Gasteiger partial charge on any atom is 0.241 e. The summed E-state index contributed by atoms with van der Waals surface area (Å²) in [4.78, 5) is 16.7. The first-order valence-electron chi connectivity index (χ1n) is 7.56. The lowest BCUT2D eigenvalue weighted by Crippen LogP contribution is -2.46. The maximum absolute atomic E-state index is 12.5. The zero-order chi connectivity index (χ0) is 13.9. The molecule has 0 aliphatic carbocycles. The molecular weight excluding hydrogens is 286 g/mol. The van der Waals surface area contributed by atoms with Gasteiger partial charge in [-0.3, -0.25) is 9.69 Å². The molecule has 1 aromatic carbocycles. The lowest BCUT2D eigenvalue weighted by atomic mass is 10.1. The molecule has 0 radical (unpaired) electrons. The van der Waals surface area contributed by atoms with Crippen LogP contribution in [0.2, 0.25) is 0 Å². The lowest BCUT2D eigenvalue weighted by Gasteiger charge is -2.32. The van der Waals surface area contributed by atoms with Crippen molar-refractivity contribution < 1.29 is 4.79 Å². The number of hydrogen-bond acceptors (Lipinski definition) is 3. The van der Waals surface area contributed by atoms with Crippen LogP contribution < -0.4 is 10.2 Å². The van der Waals surface area contributed by atoms with E-state index in [1.54, 1.807) is 0 Å². The number of benzene rings is 1. The highest BCUT2D eigenvalue weighted by atomic mass is 35.5. The molecule has 0 atom stereocenters. The minimum Gasteiger partial charge on any atom is -0.317 e. The molecule has 2 aliphatic rings. The van der Waals surface area contributed by atoms with E-state index in [0.29, 0.717) is 12.6 Å². The van der Waals surface area contributed by atoms with Gasteiger partial charge in [-0.05, 0) is 37.9 Å². The zero-order valence-electron chi connectivity index (χ0n) is 12.5. The fourth-order valence-corrected chi connectivity index (χ4v) is 3.25. The number of nitrogens with zero attached hydrogens (tertiary/aromatic N) is 2. The zero-order valence-corrected chi connectivity index (χ0v) is 13.4. The number of para-hydroxylation sites is 1. The molecule has 1 amide bonds. The van der Waals surface area contributed by atoms with E-state index in [1.807, 2.05) is 18.0 Å². The molecular formula is C16H24ClN3O. The summed E-state index contributed by atoms with van der Waals surface area (Å²) < 4.78 is 0. The average Bonchev–Trinajstić information content (AvgIpc) is 2.92. The number of anilines is 1. The van der Waals surface area contributed by atoms with Crippen molar-refractivity contribution in [1.29, 1.82) is 0 Å². The van der Waals surface area contributed by atoms with Crippen molar-refractivity contribution in [2.45, 2.75) is 25.3 Å². The first-order valence-corrected chi connectivity index (χ1v) is 7.56. The Morgan fingerprint density at radius 2 is 1.95 bits per heavy atom. The summed E-state index contributed by atoms with van der Waals surface area (Å²) in [7, 11) is 2.02. The molecule has 116 valence electrons. The maximum atomic E-state index is 12.5. The number of nitrogens with one attached hydrogen (secondary N) is 1. The fourth-order valence-electron chi connectivity index (χ4n) is 3.25. The van der Waals surface area contributed by atoms with Gasteiger partial charge in [0.1, 0.15) is 0 Å². The van der Waals surface area contributed by atoms with Crippen LogP contribution in [0.15, 0.2) is 24.3 Å². The van der Waals surface area contributed by atoms with Gasteiger partial charge in [0, 0.05) is 31.4 Å². The van der Waals surface area contributed by atoms with Gasteiger partial charge in [-0.1, -0.05) is 18.2 Å². The van der Waals surface area contributed by atoms with Gasteiger partial charge < -0.3 is 10.2 Å². The molecule has 5 heteroatoms. The van der Waals surface area contributed by atoms with Crippen LogP contribution in [-0.2, 0) is 11.2 Å². The third-order valence-corrected chi connectivity index (χ3v) is 4.54. The Kier molecular flexibility index (Phi) is 5.62.